The highest BCUT2D eigenvalue weighted by atomic mass is 16.3. The first kappa shape index (κ1) is 13.2. The molecule has 0 amide bonds. The number of rotatable bonds is 7. The van der Waals surface area contributed by atoms with Crippen molar-refractivity contribution in [2.45, 2.75) is 33.1 Å². The van der Waals surface area contributed by atoms with Crippen LogP contribution in [0.5, 0.6) is 0 Å². The van der Waals surface area contributed by atoms with Gasteiger partial charge < -0.3 is 16.2 Å². The highest BCUT2D eigenvalue weighted by Gasteiger charge is 2.05. The molecule has 1 unspecified atom stereocenters. The summed E-state index contributed by atoms with van der Waals surface area (Å²) in [5, 5.41) is 11.8. The molecule has 0 spiro atoms. The van der Waals surface area contributed by atoms with E-state index in [0.29, 0.717) is 18.4 Å². The molecule has 4 nitrogen and oxygen atoms in total. The fraction of sp³-hybridized carbons (Fsp3) is 0.900. The zero-order valence-corrected chi connectivity index (χ0v) is 9.29. The van der Waals surface area contributed by atoms with E-state index in [4.69, 9.17) is 10.8 Å². The maximum atomic E-state index is 8.84. The molecule has 0 fully saturated rings. The normalized spacial score (nSPS) is 14.1. The maximum Gasteiger partial charge on any atom is 0.188 e. The molecule has 0 saturated carbocycles. The molecule has 0 aromatic heterocycles. The summed E-state index contributed by atoms with van der Waals surface area (Å²) < 4.78 is 0. The SMILES string of the molecule is CCCC(CCO)CN=C(N)NCC. The van der Waals surface area contributed by atoms with E-state index >= 15 is 0 Å². The highest BCUT2D eigenvalue weighted by molar-refractivity contribution is 5.77. The van der Waals surface area contributed by atoms with Crippen LogP contribution in [-0.4, -0.2) is 30.8 Å². The topological polar surface area (TPSA) is 70.6 Å². The van der Waals surface area contributed by atoms with Crippen molar-refractivity contribution in [3.8, 4) is 0 Å². The number of nitrogens with zero attached hydrogens (tertiary/aromatic N) is 1. The second-order valence-corrected chi connectivity index (χ2v) is 3.42. The van der Waals surface area contributed by atoms with E-state index in [1.54, 1.807) is 0 Å². The summed E-state index contributed by atoms with van der Waals surface area (Å²) in [7, 11) is 0. The Hall–Kier alpha value is -0.770. The predicted octanol–water partition coefficient (Wildman–Crippen LogP) is 0.709. The summed E-state index contributed by atoms with van der Waals surface area (Å²) in [4.78, 5) is 4.22. The van der Waals surface area contributed by atoms with E-state index in [-0.39, 0.29) is 6.61 Å². The van der Waals surface area contributed by atoms with Gasteiger partial charge in [0.1, 0.15) is 0 Å². The van der Waals surface area contributed by atoms with Gasteiger partial charge in [0.2, 0.25) is 0 Å². The van der Waals surface area contributed by atoms with Crippen LogP contribution < -0.4 is 11.1 Å². The summed E-state index contributed by atoms with van der Waals surface area (Å²) in [6, 6.07) is 0. The van der Waals surface area contributed by atoms with Crippen LogP contribution in [0, 0.1) is 5.92 Å². The van der Waals surface area contributed by atoms with Crippen LogP contribution in [0.3, 0.4) is 0 Å². The Morgan fingerprint density at radius 2 is 2.14 bits per heavy atom. The Kier molecular flexibility index (Phi) is 8.33. The Labute approximate surface area is 86.6 Å². The molecule has 0 rings (SSSR count). The van der Waals surface area contributed by atoms with Crippen molar-refractivity contribution in [2.24, 2.45) is 16.6 Å². The first-order valence-corrected chi connectivity index (χ1v) is 5.39. The number of nitrogens with one attached hydrogen (secondary N) is 1. The van der Waals surface area contributed by atoms with E-state index in [0.717, 1.165) is 25.8 Å². The third-order valence-corrected chi connectivity index (χ3v) is 2.11. The monoisotopic (exact) mass is 201 g/mol. The van der Waals surface area contributed by atoms with Gasteiger partial charge in [-0.1, -0.05) is 13.3 Å². The molecule has 0 bridgehead atoms. The molecule has 0 heterocycles. The van der Waals surface area contributed by atoms with E-state index < -0.39 is 0 Å². The van der Waals surface area contributed by atoms with Gasteiger partial charge in [-0.3, -0.25) is 4.99 Å². The number of aliphatic hydroxyl groups excluding tert-OH is 1. The first-order valence-electron chi connectivity index (χ1n) is 5.39. The van der Waals surface area contributed by atoms with E-state index in [9.17, 15) is 0 Å². The van der Waals surface area contributed by atoms with Crippen molar-refractivity contribution >= 4 is 5.96 Å². The van der Waals surface area contributed by atoms with Crippen LogP contribution >= 0.6 is 0 Å². The lowest BCUT2D eigenvalue weighted by molar-refractivity contribution is 0.253. The largest absolute Gasteiger partial charge is 0.396 e. The van der Waals surface area contributed by atoms with Gasteiger partial charge in [0.25, 0.3) is 0 Å². The minimum atomic E-state index is 0.237. The summed E-state index contributed by atoms with van der Waals surface area (Å²) in [6.07, 6.45) is 3.04. The average Bonchev–Trinajstić information content (AvgIpc) is 2.15. The van der Waals surface area contributed by atoms with Crippen molar-refractivity contribution in [1.29, 1.82) is 0 Å². The molecule has 0 aromatic rings. The first-order chi connectivity index (χ1) is 6.74. The Balaban J connectivity index is 3.83. The summed E-state index contributed by atoms with van der Waals surface area (Å²) in [5.74, 6) is 0.966. The third kappa shape index (κ3) is 6.71. The standard InChI is InChI=1S/C10H23N3O/c1-3-5-9(6-7-14)8-13-10(11)12-4-2/h9,14H,3-8H2,1-2H3,(H3,11,12,13). The highest BCUT2D eigenvalue weighted by Crippen LogP contribution is 2.10. The summed E-state index contributed by atoms with van der Waals surface area (Å²) in [6.45, 7) is 5.88. The van der Waals surface area contributed by atoms with Gasteiger partial charge >= 0.3 is 0 Å². The fourth-order valence-corrected chi connectivity index (χ4v) is 1.38. The second kappa shape index (κ2) is 8.81. The van der Waals surface area contributed by atoms with Gasteiger partial charge in [-0.05, 0) is 25.7 Å². The van der Waals surface area contributed by atoms with E-state index in [1.165, 1.54) is 0 Å². The lowest BCUT2D eigenvalue weighted by atomic mass is 10.0. The van der Waals surface area contributed by atoms with Gasteiger partial charge in [-0.2, -0.15) is 0 Å². The van der Waals surface area contributed by atoms with Crippen molar-refractivity contribution < 1.29 is 5.11 Å². The molecule has 14 heavy (non-hydrogen) atoms. The number of aliphatic imine (C=N–C) groups is 1. The van der Waals surface area contributed by atoms with Crippen molar-refractivity contribution in [3.63, 3.8) is 0 Å². The van der Waals surface area contributed by atoms with Crippen LogP contribution in [0.4, 0.5) is 0 Å². The zero-order valence-electron chi connectivity index (χ0n) is 9.29. The van der Waals surface area contributed by atoms with Crippen LogP contribution in [0.1, 0.15) is 33.1 Å². The third-order valence-electron chi connectivity index (χ3n) is 2.11. The summed E-state index contributed by atoms with van der Waals surface area (Å²) >= 11 is 0. The molecule has 1 atom stereocenters. The predicted molar refractivity (Wildman–Crippen MR) is 60.3 cm³/mol. The molecule has 84 valence electrons. The molecule has 4 N–H and O–H groups in total. The number of nitrogens with two attached hydrogens (primary N) is 1. The number of hydrogen-bond donors (Lipinski definition) is 3. The van der Waals surface area contributed by atoms with Gasteiger partial charge in [0.05, 0.1) is 0 Å². The van der Waals surface area contributed by atoms with Gasteiger partial charge in [-0.25, -0.2) is 0 Å². The zero-order chi connectivity index (χ0) is 10.8. The van der Waals surface area contributed by atoms with E-state index in [2.05, 4.69) is 17.2 Å². The molecule has 0 aliphatic carbocycles. The molecule has 0 aliphatic heterocycles. The molecule has 0 aliphatic rings. The van der Waals surface area contributed by atoms with Crippen LogP contribution in [0.25, 0.3) is 0 Å². The van der Waals surface area contributed by atoms with Crippen LogP contribution in [0.2, 0.25) is 0 Å². The number of guanidine groups is 1. The lowest BCUT2D eigenvalue weighted by Crippen LogP contribution is -2.32. The van der Waals surface area contributed by atoms with Crippen LogP contribution in [0.15, 0.2) is 4.99 Å². The number of aliphatic hydroxyl groups is 1. The Morgan fingerprint density at radius 3 is 2.64 bits per heavy atom. The molecular weight excluding hydrogens is 178 g/mol. The van der Waals surface area contributed by atoms with Crippen molar-refractivity contribution in [1.82, 2.24) is 5.32 Å². The fourth-order valence-electron chi connectivity index (χ4n) is 1.38. The minimum absolute atomic E-state index is 0.237. The summed E-state index contributed by atoms with van der Waals surface area (Å²) in [5.41, 5.74) is 5.60. The minimum Gasteiger partial charge on any atom is -0.396 e. The molecule has 0 aromatic carbocycles. The molecule has 0 saturated heterocycles. The lowest BCUT2D eigenvalue weighted by Gasteiger charge is -2.12. The molecule has 4 heteroatoms. The molecular formula is C10H23N3O. The Morgan fingerprint density at radius 1 is 1.43 bits per heavy atom. The smallest absolute Gasteiger partial charge is 0.188 e. The van der Waals surface area contributed by atoms with Gasteiger partial charge in [-0.15, -0.1) is 0 Å². The van der Waals surface area contributed by atoms with Crippen molar-refractivity contribution in [2.75, 3.05) is 19.7 Å². The van der Waals surface area contributed by atoms with Crippen molar-refractivity contribution in [3.05, 3.63) is 0 Å². The van der Waals surface area contributed by atoms with Gasteiger partial charge in [0, 0.05) is 19.7 Å². The molecule has 0 radical (unpaired) electrons. The second-order valence-electron chi connectivity index (χ2n) is 3.42. The van der Waals surface area contributed by atoms with Gasteiger partial charge in [0.15, 0.2) is 5.96 Å². The maximum absolute atomic E-state index is 8.84. The Bertz CT molecular complexity index is 153. The average molecular weight is 201 g/mol. The van der Waals surface area contributed by atoms with E-state index in [1.807, 2.05) is 6.92 Å². The quantitative estimate of drug-likeness (QED) is 0.419. The number of hydrogen-bond acceptors (Lipinski definition) is 2. The van der Waals surface area contributed by atoms with Crippen LogP contribution in [-0.2, 0) is 0 Å².